The number of nitrogens with one attached hydrogen (secondary N) is 1. The van der Waals surface area contributed by atoms with Gasteiger partial charge < -0.3 is 29.6 Å². The zero-order valence-electron chi connectivity index (χ0n) is 23.3. The summed E-state index contributed by atoms with van der Waals surface area (Å²) in [6, 6.07) is 9.30. The van der Waals surface area contributed by atoms with Crippen LogP contribution in [0.1, 0.15) is 28.3 Å². The molecule has 0 radical (unpaired) electrons. The number of carbonyl (C=O) groups excluding carboxylic acids is 1. The van der Waals surface area contributed by atoms with Crippen LogP contribution in [0, 0.1) is 17.6 Å². The third-order valence-corrected chi connectivity index (χ3v) is 7.54. The van der Waals surface area contributed by atoms with Crippen LogP contribution in [0.3, 0.4) is 0 Å². The third kappa shape index (κ3) is 8.76. The van der Waals surface area contributed by atoms with E-state index in [4.69, 9.17) is 19.1 Å². The largest absolute Gasteiger partial charge is 0.490 e. The standard InChI is InChI=1S/C27H25F2N3O5S.C2HF3O2/c28-21-11-20(26-19(25(21)29)7-10-36-26)17-1-3-18(4-2-17)37-14-23-31-22(15-38-23)27(35)32(13-24(33)34)12-16-5-8-30-9-6-16;3-2(4,5)1(6)7/h1-4,7,10-11,15-16,30H,5-6,8-9,12-14H2,(H,33,34);(H,6,7). The van der Waals surface area contributed by atoms with Crippen molar-refractivity contribution < 1.29 is 55.7 Å². The average molecular weight is 656 g/mol. The molecule has 1 saturated heterocycles. The summed E-state index contributed by atoms with van der Waals surface area (Å²) in [4.78, 5) is 39.0. The number of halogens is 5. The number of carboxylic acids is 2. The van der Waals surface area contributed by atoms with Crippen molar-refractivity contribution in [1.82, 2.24) is 15.2 Å². The van der Waals surface area contributed by atoms with Gasteiger partial charge in [0.05, 0.1) is 11.6 Å². The molecule has 4 aromatic rings. The Morgan fingerprint density at radius 1 is 1.09 bits per heavy atom. The van der Waals surface area contributed by atoms with E-state index < -0.39 is 35.7 Å². The van der Waals surface area contributed by atoms with Crippen LogP contribution < -0.4 is 10.1 Å². The van der Waals surface area contributed by atoms with E-state index in [9.17, 15) is 36.6 Å². The number of carboxylic acid groups (broad SMARTS) is 2. The Kier molecular flexibility index (Phi) is 10.7. The maximum absolute atomic E-state index is 14.0. The molecule has 0 bridgehead atoms. The van der Waals surface area contributed by atoms with Crippen molar-refractivity contribution >= 4 is 40.2 Å². The van der Waals surface area contributed by atoms with Gasteiger partial charge in [0.25, 0.3) is 5.91 Å². The molecule has 2 aromatic heterocycles. The molecule has 0 unspecified atom stereocenters. The number of rotatable bonds is 9. The normalized spacial score (nSPS) is 13.6. The molecule has 10 nitrogen and oxygen atoms in total. The minimum Gasteiger partial charge on any atom is -0.486 e. The van der Waals surface area contributed by atoms with Gasteiger partial charge in [-0.2, -0.15) is 13.2 Å². The predicted molar refractivity (Wildman–Crippen MR) is 151 cm³/mol. The molecular formula is C29H26F5N3O7S. The van der Waals surface area contributed by atoms with E-state index in [1.165, 1.54) is 28.6 Å². The van der Waals surface area contributed by atoms with Gasteiger partial charge in [0.1, 0.15) is 35.2 Å². The first-order chi connectivity index (χ1) is 21.3. The first-order valence-corrected chi connectivity index (χ1v) is 14.3. The molecule has 0 saturated carbocycles. The number of amides is 1. The second-order valence-corrected chi connectivity index (χ2v) is 10.8. The zero-order chi connectivity index (χ0) is 32.7. The van der Waals surface area contributed by atoms with Crippen molar-refractivity contribution in [2.75, 3.05) is 26.2 Å². The molecule has 3 heterocycles. The summed E-state index contributed by atoms with van der Waals surface area (Å²) in [7, 11) is 0. The van der Waals surface area contributed by atoms with Crippen molar-refractivity contribution in [3.8, 4) is 16.9 Å². The number of aliphatic carboxylic acids is 2. The summed E-state index contributed by atoms with van der Waals surface area (Å²) in [5.74, 6) is -5.36. The summed E-state index contributed by atoms with van der Waals surface area (Å²) in [5, 5.41) is 21.9. The van der Waals surface area contributed by atoms with Crippen LogP contribution in [0.2, 0.25) is 0 Å². The zero-order valence-corrected chi connectivity index (χ0v) is 24.1. The molecule has 0 aliphatic carbocycles. The lowest BCUT2D eigenvalue weighted by molar-refractivity contribution is -0.192. The molecule has 1 fully saturated rings. The molecule has 240 valence electrons. The van der Waals surface area contributed by atoms with E-state index in [1.807, 2.05) is 0 Å². The number of aromatic nitrogens is 1. The van der Waals surface area contributed by atoms with E-state index in [1.54, 1.807) is 29.6 Å². The van der Waals surface area contributed by atoms with Crippen molar-refractivity contribution in [2.24, 2.45) is 5.92 Å². The van der Waals surface area contributed by atoms with E-state index in [-0.39, 0.29) is 35.7 Å². The van der Waals surface area contributed by atoms with Crippen molar-refractivity contribution in [3.05, 3.63) is 70.4 Å². The fourth-order valence-corrected chi connectivity index (χ4v) is 5.24. The summed E-state index contributed by atoms with van der Waals surface area (Å²) < 4.78 is 70.9. The number of benzene rings is 2. The fourth-order valence-electron chi connectivity index (χ4n) is 4.56. The number of hydrogen-bond donors (Lipinski definition) is 3. The van der Waals surface area contributed by atoms with Gasteiger partial charge in [0, 0.05) is 17.5 Å². The maximum Gasteiger partial charge on any atom is 0.490 e. The molecular weight excluding hydrogens is 629 g/mol. The number of fused-ring (bicyclic) bond motifs is 1. The topological polar surface area (TPSA) is 142 Å². The molecule has 3 N–H and O–H groups in total. The Bertz CT molecular complexity index is 1650. The van der Waals surface area contributed by atoms with Gasteiger partial charge in [-0.1, -0.05) is 12.1 Å². The number of hydrogen-bond acceptors (Lipinski definition) is 8. The van der Waals surface area contributed by atoms with Crippen LogP contribution in [-0.4, -0.2) is 70.3 Å². The highest BCUT2D eigenvalue weighted by molar-refractivity contribution is 7.09. The van der Waals surface area contributed by atoms with Gasteiger partial charge in [0.2, 0.25) is 0 Å². The van der Waals surface area contributed by atoms with Gasteiger partial charge in [-0.25, -0.2) is 18.6 Å². The Hall–Kier alpha value is -4.57. The fraction of sp³-hybridized carbons (Fsp3) is 0.310. The Labute approximate surface area is 256 Å². The average Bonchev–Trinajstić information content (AvgIpc) is 3.68. The number of piperidine rings is 1. The summed E-state index contributed by atoms with van der Waals surface area (Å²) >= 11 is 1.25. The molecule has 45 heavy (non-hydrogen) atoms. The molecule has 16 heteroatoms. The van der Waals surface area contributed by atoms with Crippen LogP contribution in [-0.2, 0) is 16.2 Å². The molecule has 0 spiro atoms. The van der Waals surface area contributed by atoms with Gasteiger partial charge in [-0.3, -0.25) is 9.59 Å². The summed E-state index contributed by atoms with van der Waals surface area (Å²) in [5.41, 5.74) is 1.51. The summed E-state index contributed by atoms with van der Waals surface area (Å²) in [6.07, 6.45) is -1.99. The minimum absolute atomic E-state index is 0.0760. The number of thiazole rings is 1. The maximum atomic E-state index is 14.0. The highest BCUT2D eigenvalue weighted by atomic mass is 32.1. The predicted octanol–water partition coefficient (Wildman–Crippen LogP) is 5.57. The van der Waals surface area contributed by atoms with Crippen molar-refractivity contribution in [2.45, 2.75) is 25.6 Å². The Morgan fingerprint density at radius 2 is 1.76 bits per heavy atom. The second-order valence-electron chi connectivity index (χ2n) is 9.90. The van der Waals surface area contributed by atoms with E-state index >= 15 is 0 Å². The number of ether oxygens (including phenoxy) is 1. The van der Waals surface area contributed by atoms with Gasteiger partial charge >= 0.3 is 18.1 Å². The molecule has 1 amide bonds. The first kappa shape index (κ1) is 33.3. The molecule has 0 atom stereocenters. The Morgan fingerprint density at radius 3 is 2.38 bits per heavy atom. The SMILES string of the molecule is O=C(O)C(F)(F)F.O=C(O)CN(CC1CCNCC1)C(=O)c1csc(COc2ccc(-c3cc(F)c(F)c4ccoc34)cc2)n1. The van der Waals surface area contributed by atoms with Crippen LogP contribution in [0.5, 0.6) is 5.75 Å². The van der Waals surface area contributed by atoms with E-state index in [0.717, 1.165) is 32.0 Å². The highest BCUT2D eigenvalue weighted by Gasteiger charge is 2.38. The van der Waals surface area contributed by atoms with Crippen LogP contribution in [0.25, 0.3) is 22.1 Å². The molecule has 1 aliphatic rings. The van der Waals surface area contributed by atoms with Crippen LogP contribution in [0.15, 0.2) is 52.5 Å². The van der Waals surface area contributed by atoms with E-state index in [2.05, 4.69) is 10.3 Å². The lowest BCUT2D eigenvalue weighted by Gasteiger charge is -2.28. The molecule has 2 aromatic carbocycles. The molecule has 5 rings (SSSR count). The number of nitrogens with zero attached hydrogens (tertiary/aromatic N) is 2. The minimum atomic E-state index is -5.08. The lowest BCUT2D eigenvalue weighted by atomic mass is 9.97. The number of furan rings is 1. The van der Waals surface area contributed by atoms with Crippen molar-refractivity contribution in [3.63, 3.8) is 0 Å². The Balaban J connectivity index is 0.000000591. The van der Waals surface area contributed by atoms with Crippen LogP contribution in [0.4, 0.5) is 22.0 Å². The number of carbonyl (C=O) groups is 3. The second kappa shape index (κ2) is 14.5. The van der Waals surface area contributed by atoms with Gasteiger partial charge in [0.15, 0.2) is 11.6 Å². The van der Waals surface area contributed by atoms with Crippen molar-refractivity contribution in [1.29, 1.82) is 0 Å². The number of alkyl halides is 3. The quantitative estimate of drug-likeness (QED) is 0.197. The summed E-state index contributed by atoms with van der Waals surface area (Å²) in [6.45, 7) is 1.82. The lowest BCUT2D eigenvalue weighted by Crippen LogP contribution is -2.42. The van der Waals surface area contributed by atoms with E-state index in [0.29, 0.717) is 28.4 Å². The van der Waals surface area contributed by atoms with Crippen LogP contribution >= 0.6 is 11.3 Å². The molecule has 1 aliphatic heterocycles. The van der Waals surface area contributed by atoms with Gasteiger partial charge in [-0.15, -0.1) is 11.3 Å². The third-order valence-electron chi connectivity index (χ3n) is 6.72. The smallest absolute Gasteiger partial charge is 0.486 e. The van der Waals surface area contributed by atoms with Gasteiger partial charge in [-0.05, 0) is 61.7 Å². The monoisotopic (exact) mass is 655 g/mol. The highest BCUT2D eigenvalue weighted by Crippen LogP contribution is 2.33. The first-order valence-electron chi connectivity index (χ1n) is 13.4.